The van der Waals surface area contributed by atoms with Crippen molar-refractivity contribution in [3.05, 3.63) is 44.0 Å². The van der Waals surface area contributed by atoms with Gasteiger partial charge in [0, 0.05) is 4.47 Å². The Labute approximate surface area is 116 Å². The van der Waals surface area contributed by atoms with E-state index in [-0.39, 0.29) is 5.91 Å². The van der Waals surface area contributed by atoms with Crippen molar-refractivity contribution in [1.29, 1.82) is 0 Å². The average Bonchev–Trinajstić information content (AvgIpc) is 2.70. The number of benzene rings is 1. The van der Waals surface area contributed by atoms with Gasteiger partial charge in [-0.25, -0.2) is 0 Å². The molecule has 0 unspecified atom stereocenters. The quantitative estimate of drug-likeness (QED) is 0.874. The van der Waals surface area contributed by atoms with Gasteiger partial charge in [0.25, 0.3) is 5.91 Å². The largest absolute Gasteiger partial charge is 0.397 e. The molecule has 17 heavy (non-hydrogen) atoms. The van der Waals surface area contributed by atoms with E-state index in [0.717, 1.165) is 4.47 Å². The fraction of sp³-hybridized carbons (Fsp3) is 0. The normalized spacial score (nSPS) is 10.2. The Morgan fingerprint density at radius 2 is 2.18 bits per heavy atom. The number of thiophene rings is 1. The first-order valence-electron chi connectivity index (χ1n) is 4.67. The van der Waals surface area contributed by atoms with Crippen LogP contribution in [0.3, 0.4) is 0 Å². The minimum atomic E-state index is -0.252. The molecule has 2 rings (SSSR count). The third-order valence-corrected chi connectivity index (χ3v) is 3.83. The second-order valence-electron chi connectivity index (χ2n) is 3.28. The van der Waals surface area contributed by atoms with Crippen molar-refractivity contribution < 1.29 is 4.79 Å². The van der Waals surface area contributed by atoms with E-state index in [9.17, 15) is 4.79 Å². The summed E-state index contributed by atoms with van der Waals surface area (Å²) in [5, 5.41) is 4.98. The Morgan fingerprint density at radius 1 is 1.41 bits per heavy atom. The molecule has 1 amide bonds. The van der Waals surface area contributed by atoms with E-state index in [1.54, 1.807) is 29.6 Å². The van der Waals surface area contributed by atoms with Gasteiger partial charge < -0.3 is 11.1 Å². The first-order valence-corrected chi connectivity index (χ1v) is 6.72. The van der Waals surface area contributed by atoms with Crippen LogP contribution in [0.25, 0.3) is 0 Å². The van der Waals surface area contributed by atoms with Crippen molar-refractivity contribution in [2.24, 2.45) is 0 Å². The molecule has 1 aromatic heterocycles. The molecule has 1 heterocycles. The molecule has 0 aliphatic rings. The van der Waals surface area contributed by atoms with Crippen molar-refractivity contribution in [1.82, 2.24) is 0 Å². The van der Waals surface area contributed by atoms with E-state index >= 15 is 0 Å². The van der Waals surface area contributed by atoms with Crippen LogP contribution in [0.4, 0.5) is 11.4 Å². The van der Waals surface area contributed by atoms with E-state index < -0.39 is 0 Å². The van der Waals surface area contributed by atoms with Crippen molar-refractivity contribution in [3.63, 3.8) is 0 Å². The van der Waals surface area contributed by atoms with Gasteiger partial charge >= 0.3 is 0 Å². The van der Waals surface area contributed by atoms with E-state index in [2.05, 4.69) is 21.2 Å². The lowest BCUT2D eigenvalue weighted by atomic mass is 10.3. The van der Waals surface area contributed by atoms with E-state index in [1.165, 1.54) is 11.3 Å². The van der Waals surface area contributed by atoms with Crippen LogP contribution in [0.1, 0.15) is 9.67 Å². The minimum absolute atomic E-state index is 0.252. The number of hydrogen-bond donors (Lipinski definition) is 2. The third kappa shape index (κ3) is 2.80. The van der Waals surface area contributed by atoms with Gasteiger partial charge in [-0.1, -0.05) is 27.5 Å². The number of carbonyl (C=O) groups excluding carboxylic acids is 1. The summed E-state index contributed by atoms with van der Waals surface area (Å²) in [6.45, 7) is 0. The fourth-order valence-electron chi connectivity index (χ4n) is 1.28. The molecular formula is C11H8BrClN2OS. The Hall–Kier alpha value is -1.04. The molecular weight excluding hydrogens is 324 g/mol. The zero-order valence-corrected chi connectivity index (χ0v) is 11.7. The number of halogens is 2. The molecule has 0 aliphatic carbocycles. The molecule has 88 valence electrons. The van der Waals surface area contributed by atoms with Gasteiger partial charge in [-0.05, 0) is 29.6 Å². The minimum Gasteiger partial charge on any atom is -0.397 e. The molecule has 0 saturated heterocycles. The summed E-state index contributed by atoms with van der Waals surface area (Å²) in [7, 11) is 0. The number of carbonyl (C=O) groups is 1. The standard InChI is InChI=1S/C11H8BrClN2OS/c12-6-1-2-7(13)9(5-6)15-11(16)10-8(14)3-4-17-10/h1-5H,14H2,(H,15,16). The summed E-state index contributed by atoms with van der Waals surface area (Å²) in [4.78, 5) is 12.4. The van der Waals surface area contributed by atoms with E-state index in [1.807, 2.05) is 0 Å². The highest BCUT2D eigenvalue weighted by atomic mass is 79.9. The molecule has 2 aromatic rings. The lowest BCUT2D eigenvalue weighted by Crippen LogP contribution is -2.12. The molecule has 3 N–H and O–H groups in total. The maximum atomic E-state index is 11.9. The van der Waals surface area contributed by atoms with Crippen molar-refractivity contribution in [2.45, 2.75) is 0 Å². The molecule has 3 nitrogen and oxygen atoms in total. The number of nitrogens with two attached hydrogens (primary N) is 1. The SMILES string of the molecule is Nc1ccsc1C(=O)Nc1cc(Br)ccc1Cl. The van der Waals surface area contributed by atoms with Gasteiger partial charge in [-0.3, -0.25) is 4.79 Å². The predicted molar refractivity (Wildman–Crippen MR) is 75.8 cm³/mol. The van der Waals surface area contributed by atoms with Crippen molar-refractivity contribution in [2.75, 3.05) is 11.1 Å². The average molecular weight is 332 g/mol. The monoisotopic (exact) mass is 330 g/mol. The van der Waals surface area contributed by atoms with Gasteiger partial charge in [-0.2, -0.15) is 0 Å². The molecule has 0 spiro atoms. The highest BCUT2D eigenvalue weighted by Gasteiger charge is 2.12. The maximum Gasteiger partial charge on any atom is 0.267 e. The Balaban J connectivity index is 2.24. The molecule has 6 heteroatoms. The van der Waals surface area contributed by atoms with Crippen LogP contribution in [0.15, 0.2) is 34.1 Å². The molecule has 0 fully saturated rings. The van der Waals surface area contributed by atoms with Gasteiger partial charge in [-0.15, -0.1) is 11.3 Å². The van der Waals surface area contributed by atoms with Crippen LogP contribution >= 0.6 is 38.9 Å². The number of nitrogens with one attached hydrogen (secondary N) is 1. The highest BCUT2D eigenvalue weighted by molar-refractivity contribution is 9.10. The van der Waals surface area contributed by atoms with E-state index in [4.69, 9.17) is 17.3 Å². The molecule has 0 bridgehead atoms. The summed E-state index contributed by atoms with van der Waals surface area (Å²) in [6, 6.07) is 6.95. The first-order chi connectivity index (χ1) is 8.08. The zero-order valence-electron chi connectivity index (χ0n) is 8.54. The Morgan fingerprint density at radius 3 is 2.82 bits per heavy atom. The lowest BCUT2D eigenvalue weighted by molar-refractivity contribution is 0.103. The second-order valence-corrected chi connectivity index (χ2v) is 5.52. The topological polar surface area (TPSA) is 55.1 Å². The number of rotatable bonds is 2. The summed E-state index contributed by atoms with van der Waals surface area (Å²) in [5.74, 6) is -0.252. The summed E-state index contributed by atoms with van der Waals surface area (Å²) >= 11 is 10.6. The van der Waals surface area contributed by atoms with Gasteiger partial charge in [0.15, 0.2) is 0 Å². The Kier molecular flexibility index (Phi) is 3.71. The second kappa shape index (κ2) is 5.08. The summed E-state index contributed by atoms with van der Waals surface area (Å²) in [6.07, 6.45) is 0. The lowest BCUT2D eigenvalue weighted by Gasteiger charge is -2.07. The number of amides is 1. The van der Waals surface area contributed by atoms with Crippen LogP contribution in [0, 0.1) is 0 Å². The first kappa shape index (κ1) is 12.4. The molecule has 0 saturated carbocycles. The molecule has 0 aliphatic heterocycles. The number of nitrogen functional groups attached to an aromatic ring is 1. The Bertz CT molecular complexity index is 570. The van der Waals surface area contributed by atoms with Gasteiger partial charge in [0.05, 0.1) is 16.4 Å². The van der Waals surface area contributed by atoms with Crippen LogP contribution in [-0.4, -0.2) is 5.91 Å². The summed E-state index contributed by atoms with van der Waals surface area (Å²) < 4.78 is 0.844. The van der Waals surface area contributed by atoms with E-state index in [0.29, 0.717) is 21.3 Å². The smallest absolute Gasteiger partial charge is 0.267 e. The van der Waals surface area contributed by atoms with Crippen molar-refractivity contribution in [3.8, 4) is 0 Å². The van der Waals surface area contributed by atoms with Crippen molar-refractivity contribution >= 4 is 56.1 Å². The third-order valence-electron chi connectivity index (χ3n) is 2.08. The van der Waals surface area contributed by atoms with Gasteiger partial charge in [0.2, 0.25) is 0 Å². The zero-order chi connectivity index (χ0) is 12.4. The molecule has 0 atom stereocenters. The summed E-state index contributed by atoms with van der Waals surface area (Å²) in [5.41, 5.74) is 6.70. The maximum absolute atomic E-state index is 11.9. The number of hydrogen-bond acceptors (Lipinski definition) is 3. The van der Waals surface area contributed by atoms with Crippen LogP contribution < -0.4 is 11.1 Å². The molecule has 0 radical (unpaired) electrons. The predicted octanol–water partition coefficient (Wildman–Crippen LogP) is 4.00. The highest BCUT2D eigenvalue weighted by Crippen LogP contribution is 2.27. The number of anilines is 2. The van der Waals surface area contributed by atoms with Crippen LogP contribution in [0.2, 0.25) is 5.02 Å². The van der Waals surface area contributed by atoms with Gasteiger partial charge in [0.1, 0.15) is 4.88 Å². The molecule has 1 aromatic carbocycles. The van der Waals surface area contributed by atoms with Crippen LogP contribution in [-0.2, 0) is 0 Å². The van der Waals surface area contributed by atoms with Crippen LogP contribution in [0.5, 0.6) is 0 Å². The fourth-order valence-corrected chi connectivity index (χ4v) is 2.51.